The van der Waals surface area contributed by atoms with E-state index in [1.165, 1.54) is 25.7 Å². The number of ketones is 1. The number of furan rings is 1. The van der Waals surface area contributed by atoms with Crippen molar-refractivity contribution in [1.82, 2.24) is 4.90 Å². The van der Waals surface area contributed by atoms with E-state index in [1.807, 2.05) is 0 Å². The third-order valence-corrected chi connectivity index (χ3v) is 3.68. The lowest BCUT2D eigenvalue weighted by atomic mass is 9.98. The quantitative estimate of drug-likeness (QED) is 0.752. The lowest BCUT2D eigenvalue weighted by Gasteiger charge is -2.18. The van der Waals surface area contributed by atoms with Crippen molar-refractivity contribution >= 4 is 5.78 Å². The molecule has 17 heavy (non-hydrogen) atoms. The Labute approximate surface area is 103 Å². The molecule has 0 amide bonds. The number of hydrogen-bond donors (Lipinski definition) is 0. The van der Waals surface area contributed by atoms with Gasteiger partial charge in [0.25, 0.3) is 0 Å². The van der Waals surface area contributed by atoms with Crippen LogP contribution in [0, 0.1) is 5.92 Å². The number of nitrogens with zero attached hydrogens (tertiary/aromatic N) is 1. The first-order chi connectivity index (χ1) is 8.29. The van der Waals surface area contributed by atoms with E-state index in [9.17, 15) is 4.79 Å². The zero-order chi connectivity index (χ0) is 12.1. The van der Waals surface area contributed by atoms with Crippen molar-refractivity contribution in [2.24, 2.45) is 5.92 Å². The van der Waals surface area contributed by atoms with Crippen molar-refractivity contribution in [2.45, 2.75) is 32.6 Å². The molecule has 2 rings (SSSR count). The predicted molar refractivity (Wildman–Crippen MR) is 67.1 cm³/mol. The summed E-state index contributed by atoms with van der Waals surface area (Å²) < 4.78 is 5.13. The lowest BCUT2D eigenvalue weighted by Crippen LogP contribution is -2.30. The summed E-state index contributed by atoms with van der Waals surface area (Å²) in [4.78, 5) is 14.2. The number of carbonyl (C=O) groups excluding carboxylic acids is 1. The molecule has 1 aromatic heterocycles. The van der Waals surface area contributed by atoms with Crippen molar-refractivity contribution < 1.29 is 9.21 Å². The molecule has 1 atom stereocenters. The van der Waals surface area contributed by atoms with Gasteiger partial charge in [0.15, 0.2) is 5.76 Å². The number of likely N-dealkylation sites (tertiary alicyclic amines) is 1. The smallest absolute Gasteiger partial charge is 0.211 e. The minimum absolute atomic E-state index is 0.102. The molecule has 1 aromatic rings. The van der Waals surface area contributed by atoms with Gasteiger partial charge in [0.2, 0.25) is 5.78 Å². The van der Waals surface area contributed by atoms with E-state index < -0.39 is 0 Å². The minimum Gasteiger partial charge on any atom is -0.461 e. The van der Waals surface area contributed by atoms with Gasteiger partial charge in [0, 0.05) is 0 Å². The minimum atomic E-state index is 0.102. The molecule has 1 fully saturated rings. The highest BCUT2D eigenvalue weighted by Gasteiger charge is 2.19. The Hall–Kier alpha value is -1.09. The molecular weight excluding hydrogens is 214 g/mol. The summed E-state index contributed by atoms with van der Waals surface area (Å²) >= 11 is 0. The predicted octanol–water partition coefficient (Wildman–Crippen LogP) is 2.97. The van der Waals surface area contributed by atoms with Gasteiger partial charge in [-0.2, -0.15) is 0 Å². The van der Waals surface area contributed by atoms with Gasteiger partial charge in [-0.1, -0.05) is 13.3 Å². The maximum atomic E-state index is 11.9. The van der Waals surface area contributed by atoms with Crippen molar-refractivity contribution in [3.8, 4) is 0 Å². The van der Waals surface area contributed by atoms with Crippen molar-refractivity contribution in [1.29, 1.82) is 0 Å². The molecule has 0 N–H and O–H groups in total. The molecule has 1 aliphatic heterocycles. The van der Waals surface area contributed by atoms with Crippen LogP contribution in [0.15, 0.2) is 22.8 Å². The van der Waals surface area contributed by atoms with Gasteiger partial charge in [-0.25, -0.2) is 0 Å². The van der Waals surface area contributed by atoms with Crippen LogP contribution >= 0.6 is 0 Å². The maximum absolute atomic E-state index is 11.9. The molecule has 0 bridgehead atoms. The molecule has 1 aliphatic rings. The Morgan fingerprint density at radius 2 is 2.35 bits per heavy atom. The van der Waals surface area contributed by atoms with Crippen molar-refractivity contribution in [2.75, 3.05) is 19.6 Å². The standard InChI is InChI=1S/C14H21NO2/c1-2-12-5-3-8-15(9-7-12)11-13(16)14-6-4-10-17-14/h4,6,10,12H,2-3,5,7-9,11H2,1H3. The Bertz CT molecular complexity index is 345. The van der Waals surface area contributed by atoms with Crippen LogP contribution in [0.25, 0.3) is 0 Å². The third-order valence-electron chi connectivity index (χ3n) is 3.68. The van der Waals surface area contributed by atoms with Gasteiger partial charge in [-0.3, -0.25) is 9.69 Å². The summed E-state index contributed by atoms with van der Waals surface area (Å²) in [5.74, 6) is 1.44. The summed E-state index contributed by atoms with van der Waals surface area (Å²) in [6, 6.07) is 3.51. The van der Waals surface area contributed by atoms with Gasteiger partial charge in [-0.15, -0.1) is 0 Å². The van der Waals surface area contributed by atoms with Crippen molar-refractivity contribution in [3.05, 3.63) is 24.2 Å². The topological polar surface area (TPSA) is 33.5 Å². The number of hydrogen-bond acceptors (Lipinski definition) is 3. The average molecular weight is 235 g/mol. The highest BCUT2D eigenvalue weighted by molar-refractivity contribution is 5.94. The molecule has 0 spiro atoms. The average Bonchev–Trinajstić information content (AvgIpc) is 2.78. The van der Waals surface area contributed by atoms with Crippen LogP contribution in [0.1, 0.15) is 43.2 Å². The van der Waals surface area contributed by atoms with Gasteiger partial charge in [0.1, 0.15) is 0 Å². The fourth-order valence-corrected chi connectivity index (χ4v) is 2.51. The maximum Gasteiger partial charge on any atom is 0.211 e. The van der Waals surface area contributed by atoms with Crippen LogP contribution in [0.5, 0.6) is 0 Å². The third kappa shape index (κ3) is 3.43. The van der Waals surface area contributed by atoms with Crippen LogP contribution in [0.2, 0.25) is 0 Å². The van der Waals surface area contributed by atoms with Gasteiger partial charge < -0.3 is 4.42 Å². The zero-order valence-electron chi connectivity index (χ0n) is 10.5. The Morgan fingerprint density at radius 3 is 3.06 bits per heavy atom. The van der Waals surface area contributed by atoms with E-state index >= 15 is 0 Å². The molecule has 0 radical (unpaired) electrons. The summed E-state index contributed by atoms with van der Waals surface area (Å²) in [5, 5.41) is 0. The first-order valence-corrected chi connectivity index (χ1v) is 6.58. The Balaban J connectivity index is 1.85. The second-order valence-corrected chi connectivity index (χ2v) is 4.88. The fraction of sp³-hybridized carbons (Fsp3) is 0.643. The van der Waals surface area contributed by atoms with E-state index in [0.717, 1.165) is 19.0 Å². The van der Waals surface area contributed by atoms with E-state index in [0.29, 0.717) is 12.3 Å². The van der Waals surface area contributed by atoms with Crippen LogP contribution < -0.4 is 0 Å². The Kier molecular flexibility index (Phi) is 4.37. The molecule has 1 saturated heterocycles. The van der Waals surface area contributed by atoms with Crippen LogP contribution in [-0.2, 0) is 0 Å². The second-order valence-electron chi connectivity index (χ2n) is 4.88. The molecule has 0 aliphatic carbocycles. The molecule has 94 valence electrons. The molecule has 2 heterocycles. The number of carbonyl (C=O) groups is 1. The SMILES string of the molecule is CCC1CCCN(CC(=O)c2ccco2)CC1. The summed E-state index contributed by atoms with van der Waals surface area (Å²) in [6.07, 6.45) is 6.57. The monoisotopic (exact) mass is 235 g/mol. The summed E-state index contributed by atoms with van der Waals surface area (Å²) in [5.41, 5.74) is 0. The summed E-state index contributed by atoms with van der Waals surface area (Å²) in [7, 11) is 0. The molecular formula is C14H21NO2. The molecule has 3 nitrogen and oxygen atoms in total. The Morgan fingerprint density at radius 1 is 1.47 bits per heavy atom. The number of rotatable bonds is 4. The zero-order valence-corrected chi connectivity index (χ0v) is 10.5. The van der Waals surface area contributed by atoms with E-state index in [4.69, 9.17) is 4.42 Å². The molecule has 0 aromatic carbocycles. The summed E-state index contributed by atoms with van der Waals surface area (Å²) in [6.45, 7) is 4.85. The van der Waals surface area contributed by atoms with Crippen LogP contribution in [-0.4, -0.2) is 30.3 Å². The number of Topliss-reactive ketones (excluding diaryl/α,β-unsaturated/α-hetero) is 1. The lowest BCUT2D eigenvalue weighted by molar-refractivity contribution is 0.0905. The highest BCUT2D eigenvalue weighted by Crippen LogP contribution is 2.20. The fourth-order valence-electron chi connectivity index (χ4n) is 2.51. The van der Waals surface area contributed by atoms with E-state index in [1.54, 1.807) is 18.4 Å². The molecule has 0 saturated carbocycles. The first kappa shape index (κ1) is 12.4. The largest absolute Gasteiger partial charge is 0.461 e. The van der Waals surface area contributed by atoms with Gasteiger partial charge >= 0.3 is 0 Å². The van der Waals surface area contributed by atoms with Crippen molar-refractivity contribution in [3.63, 3.8) is 0 Å². The van der Waals surface area contributed by atoms with Crippen LogP contribution in [0.4, 0.5) is 0 Å². The van der Waals surface area contributed by atoms with Crippen LogP contribution in [0.3, 0.4) is 0 Å². The van der Waals surface area contributed by atoms with Gasteiger partial charge in [0.05, 0.1) is 12.8 Å². The van der Waals surface area contributed by atoms with Gasteiger partial charge in [-0.05, 0) is 50.4 Å². The van der Waals surface area contributed by atoms with E-state index in [-0.39, 0.29) is 5.78 Å². The second kappa shape index (κ2) is 6.01. The molecule has 3 heteroatoms. The first-order valence-electron chi connectivity index (χ1n) is 6.58. The normalized spacial score (nSPS) is 22.3. The highest BCUT2D eigenvalue weighted by atomic mass is 16.3. The molecule has 1 unspecified atom stereocenters. The van der Waals surface area contributed by atoms with E-state index in [2.05, 4.69) is 11.8 Å².